The molecular formula is C25H26O4. The number of hydrogen-bond donors (Lipinski definition) is 1. The van der Waals surface area contributed by atoms with E-state index in [0.717, 1.165) is 18.4 Å². The molecule has 150 valence electrons. The Labute approximate surface area is 171 Å². The van der Waals surface area contributed by atoms with Gasteiger partial charge in [0.05, 0.1) is 12.0 Å². The number of phenols is 1. The number of benzene rings is 2. The third kappa shape index (κ3) is 3.80. The van der Waals surface area contributed by atoms with Crippen LogP contribution in [0.1, 0.15) is 67.6 Å². The maximum absolute atomic E-state index is 12.8. The van der Waals surface area contributed by atoms with E-state index in [1.54, 1.807) is 6.07 Å². The van der Waals surface area contributed by atoms with Gasteiger partial charge in [-0.2, -0.15) is 0 Å². The van der Waals surface area contributed by atoms with Gasteiger partial charge in [0.1, 0.15) is 34.5 Å². The van der Waals surface area contributed by atoms with E-state index in [-0.39, 0.29) is 29.6 Å². The van der Waals surface area contributed by atoms with Crippen LogP contribution in [-0.2, 0) is 0 Å². The van der Waals surface area contributed by atoms with Crippen molar-refractivity contribution in [2.45, 2.75) is 51.7 Å². The molecule has 0 spiro atoms. The molecule has 2 heterocycles. The van der Waals surface area contributed by atoms with Gasteiger partial charge in [-0.3, -0.25) is 4.79 Å². The summed E-state index contributed by atoms with van der Waals surface area (Å²) in [5.41, 5.74) is 2.53. The largest absolute Gasteiger partial charge is 0.506 e. The van der Waals surface area contributed by atoms with E-state index in [9.17, 15) is 9.90 Å². The van der Waals surface area contributed by atoms with Crippen molar-refractivity contribution in [2.75, 3.05) is 0 Å². The van der Waals surface area contributed by atoms with Gasteiger partial charge in [0.2, 0.25) is 0 Å². The zero-order chi connectivity index (χ0) is 20.6. The average Bonchev–Trinajstić information content (AvgIpc) is 2.67. The molecule has 2 atom stereocenters. The average molecular weight is 390 g/mol. The zero-order valence-electron chi connectivity index (χ0n) is 17.1. The fourth-order valence-corrected chi connectivity index (χ4v) is 3.89. The second-order valence-electron chi connectivity index (χ2n) is 8.22. The first kappa shape index (κ1) is 19.3. The SMILES string of the molecule is CC(C)=CCC[C@@]1(C)C=Cc2c(cc3c(c2O)C(=O)C[C@@H](c2ccccc2)O3)O1. The third-order valence-electron chi connectivity index (χ3n) is 5.50. The summed E-state index contributed by atoms with van der Waals surface area (Å²) in [6.45, 7) is 6.19. The number of carbonyl (C=O) groups is 1. The monoisotopic (exact) mass is 390 g/mol. The van der Waals surface area contributed by atoms with Gasteiger partial charge in [-0.25, -0.2) is 0 Å². The lowest BCUT2D eigenvalue weighted by Crippen LogP contribution is -2.32. The van der Waals surface area contributed by atoms with Crippen LogP contribution in [0.4, 0.5) is 0 Å². The lowest BCUT2D eigenvalue weighted by molar-refractivity contribution is 0.0840. The molecule has 2 aliphatic heterocycles. The minimum absolute atomic E-state index is 0.0587. The lowest BCUT2D eigenvalue weighted by Gasteiger charge is -2.34. The molecule has 1 N–H and O–H groups in total. The summed E-state index contributed by atoms with van der Waals surface area (Å²) in [6.07, 6.45) is 7.56. The molecule has 0 bridgehead atoms. The van der Waals surface area contributed by atoms with Gasteiger partial charge >= 0.3 is 0 Å². The first-order valence-electron chi connectivity index (χ1n) is 10.0. The summed E-state index contributed by atoms with van der Waals surface area (Å²) in [6, 6.07) is 11.4. The van der Waals surface area contributed by atoms with E-state index in [1.165, 1.54) is 5.57 Å². The predicted octanol–water partition coefficient (Wildman–Crippen LogP) is 6.01. The Morgan fingerprint density at radius 3 is 2.72 bits per heavy atom. The van der Waals surface area contributed by atoms with Crippen LogP contribution < -0.4 is 9.47 Å². The molecule has 2 aromatic rings. The highest BCUT2D eigenvalue weighted by atomic mass is 16.5. The Morgan fingerprint density at radius 2 is 2.00 bits per heavy atom. The van der Waals surface area contributed by atoms with Gasteiger partial charge < -0.3 is 14.6 Å². The molecule has 2 aliphatic rings. The second-order valence-corrected chi connectivity index (χ2v) is 8.22. The predicted molar refractivity (Wildman–Crippen MR) is 114 cm³/mol. The number of ether oxygens (including phenoxy) is 2. The van der Waals surface area contributed by atoms with E-state index < -0.39 is 5.60 Å². The number of carbonyl (C=O) groups excluding carboxylic acids is 1. The molecule has 0 aliphatic carbocycles. The molecule has 0 radical (unpaired) electrons. The summed E-state index contributed by atoms with van der Waals surface area (Å²) >= 11 is 0. The highest BCUT2D eigenvalue weighted by Crippen LogP contribution is 2.48. The van der Waals surface area contributed by atoms with Crippen LogP contribution in [0.3, 0.4) is 0 Å². The van der Waals surface area contributed by atoms with Crippen molar-refractivity contribution >= 4 is 11.9 Å². The summed E-state index contributed by atoms with van der Waals surface area (Å²) in [7, 11) is 0. The Bertz CT molecular complexity index is 999. The van der Waals surface area contributed by atoms with E-state index in [1.807, 2.05) is 49.4 Å². The number of phenolic OH excluding ortho intramolecular Hbond substituents is 1. The quantitative estimate of drug-likeness (QED) is 0.650. The van der Waals surface area contributed by atoms with Gasteiger partial charge in [-0.15, -0.1) is 0 Å². The van der Waals surface area contributed by atoms with Crippen LogP contribution >= 0.6 is 0 Å². The number of Topliss-reactive ketones (excluding diaryl/α,β-unsaturated/α-hetero) is 1. The summed E-state index contributed by atoms with van der Waals surface area (Å²) < 4.78 is 12.4. The summed E-state index contributed by atoms with van der Waals surface area (Å²) in [4.78, 5) is 12.8. The summed E-state index contributed by atoms with van der Waals surface area (Å²) in [5.74, 6) is 0.751. The van der Waals surface area contributed by atoms with Crippen molar-refractivity contribution in [1.29, 1.82) is 0 Å². The van der Waals surface area contributed by atoms with Crippen molar-refractivity contribution in [2.24, 2.45) is 0 Å². The van der Waals surface area contributed by atoms with Gasteiger partial charge in [-0.1, -0.05) is 42.0 Å². The van der Waals surface area contributed by atoms with Crippen molar-refractivity contribution in [3.8, 4) is 17.2 Å². The van der Waals surface area contributed by atoms with Crippen molar-refractivity contribution in [3.05, 3.63) is 70.8 Å². The summed E-state index contributed by atoms with van der Waals surface area (Å²) in [5, 5.41) is 10.8. The van der Waals surface area contributed by atoms with E-state index in [2.05, 4.69) is 19.9 Å². The van der Waals surface area contributed by atoms with Crippen LogP contribution in [0.5, 0.6) is 17.2 Å². The van der Waals surface area contributed by atoms with Crippen molar-refractivity contribution in [3.63, 3.8) is 0 Å². The molecule has 4 nitrogen and oxygen atoms in total. The standard InChI is InChI=1S/C25H26O4/c1-16(2)8-7-12-25(3)13-11-18-21(29-25)15-22-23(24(18)27)19(26)14-20(28-22)17-9-5-4-6-10-17/h4-6,8-11,13,15,20,27H,7,12,14H2,1-3H3/t20-,25-/m0/s1. The Balaban J connectivity index is 1.66. The van der Waals surface area contributed by atoms with Crippen molar-refractivity contribution in [1.82, 2.24) is 0 Å². The Kier molecular flexibility index (Phi) is 4.95. The number of ketones is 1. The minimum atomic E-state index is -0.475. The molecular weight excluding hydrogens is 364 g/mol. The van der Waals surface area contributed by atoms with Crippen LogP contribution in [-0.4, -0.2) is 16.5 Å². The van der Waals surface area contributed by atoms with E-state index in [0.29, 0.717) is 17.1 Å². The first-order chi connectivity index (χ1) is 13.9. The van der Waals surface area contributed by atoms with Gasteiger partial charge in [0.25, 0.3) is 0 Å². The Hall–Kier alpha value is -3.01. The Morgan fingerprint density at radius 1 is 1.24 bits per heavy atom. The highest BCUT2D eigenvalue weighted by Gasteiger charge is 2.35. The molecule has 0 amide bonds. The fourth-order valence-electron chi connectivity index (χ4n) is 3.89. The van der Waals surface area contributed by atoms with E-state index >= 15 is 0 Å². The number of hydrogen-bond acceptors (Lipinski definition) is 4. The molecule has 0 saturated heterocycles. The third-order valence-corrected chi connectivity index (χ3v) is 5.50. The van der Waals surface area contributed by atoms with Crippen LogP contribution in [0.15, 0.2) is 54.1 Å². The minimum Gasteiger partial charge on any atom is -0.506 e. The second kappa shape index (κ2) is 7.43. The molecule has 4 heteroatoms. The fraction of sp³-hybridized carbons (Fsp3) is 0.320. The van der Waals surface area contributed by atoms with Crippen LogP contribution in [0, 0.1) is 0 Å². The molecule has 0 fully saturated rings. The first-order valence-corrected chi connectivity index (χ1v) is 10.0. The van der Waals surface area contributed by atoms with Gasteiger partial charge in [-0.05, 0) is 51.3 Å². The van der Waals surface area contributed by atoms with Crippen LogP contribution in [0.25, 0.3) is 6.08 Å². The number of fused-ring (bicyclic) bond motifs is 2. The highest BCUT2D eigenvalue weighted by molar-refractivity contribution is 6.04. The van der Waals surface area contributed by atoms with E-state index in [4.69, 9.17) is 9.47 Å². The molecule has 0 aromatic heterocycles. The molecule has 0 unspecified atom stereocenters. The van der Waals surface area contributed by atoms with Crippen LogP contribution in [0.2, 0.25) is 0 Å². The smallest absolute Gasteiger partial charge is 0.174 e. The lowest BCUT2D eigenvalue weighted by atomic mass is 9.90. The van der Waals surface area contributed by atoms with Crippen molar-refractivity contribution < 1.29 is 19.4 Å². The number of rotatable bonds is 4. The molecule has 2 aromatic carbocycles. The maximum Gasteiger partial charge on any atom is 0.174 e. The molecule has 0 saturated carbocycles. The number of allylic oxidation sites excluding steroid dienone is 2. The maximum atomic E-state index is 12.8. The molecule has 29 heavy (non-hydrogen) atoms. The topological polar surface area (TPSA) is 55.8 Å². The normalized spacial score (nSPS) is 22.2. The zero-order valence-corrected chi connectivity index (χ0v) is 17.1. The molecule has 4 rings (SSSR count). The number of aromatic hydroxyl groups is 1. The van der Waals surface area contributed by atoms with Gasteiger partial charge in [0.15, 0.2) is 5.78 Å². The van der Waals surface area contributed by atoms with Gasteiger partial charge in [0, 0.05) is 6.07 Å².